The van der Waals surface area contributed by atoms with Gasteiger partial charge in [-0.3, -0.25) is 14.5 Å². The van der Waals surface area contributed by atoms with Crippen LogP contribution in [0, 0.1) is 6.92 Å². The minimum absolute atomic E-state index is 0.0195. The molecule has 0 atom stereocenters. The number of hydrogen-bond donors (Lipinski definition) is 2. The van der Waals surface area contributed by atoms with Crippen molar-refractivity contribution in [3.05, 3.63) is 64.7 Å². The van der Waals surface area contributed by atoms with E-state index in [2.05, 4.69) is 22.1 Å². The Morgan fingerprint density at radius 2 is 1.90 bits per heavy atom. The Hall–Kier alpha value is -3.48. The minimum Gasteiger partial charge on any atom is -0.481 e. The largest absolute Gasteiger partial charge is 0.481 e. The molecule has 3 heterocycles. The van der Waals surface area contributed by atoms with Crippen LogP contribution in [0.1, 0.15) is 41.9 Å². The molecule has 0 saturated carbocycles. The highest BCUT2D eigenvalue weighted by Gasteiger charge is 2.18. The fourth-order valence-electron chi connectivity index (χ4n) is 3.90. The zero-order valence-corrected chi connectivity index (χ0v) is 17.4. The maximum absolute atomic E-state index is 11.3. The summed E-state index contributed by atoms with van der Waals surface area (Å²) in [6.45, 7) is 6.66. The number of imidazole rings is 1. The van der Waals surface area contributed by atoms with Crippen molar-refractivity contribution < 1.29 is 9.90 Å². The molecule has 0 spiro atoms. The molecule has 0 unspecified atom stereocenters. The van der Waals surface area contributed by atoms with Crippen LogP contribution in [0.4, 0.5) is 0 Å². The van der Waals surface area contributed by atoms with E-state index in [1.165, 1.54) is 0 Å². The van der Waals surface area contributed by atoms with E-state index in [0.29, 0.717) is 6.54 Å². The molecule has 4 rings (SSSR count). The fourth-order valence-corrected chi connectivity index (χ4v) is 3.90. The predicted octanol–water partition coefficient (Wildman–Crippen LogP) is 3.93. The molecule has 3 aromatic heterocycles. The number of aryl methyl sites for hydroxylation is 2. The highest BCUT2D eigenvalue weighted by atomic mass is 16.4. The Morgan fingerprint density at radius 1 is 1.13 bits per heavy atom. The molecule has 0 bridgehead atoms. The van der Waals surface area contributed by atoms with Crippen LogP contribution < -0.4 is 0 Å². The van der Waals surface area contributed by atoms with Crippen LogP contribution in [0.3, 0.4) is 0 Å². The normalized spacial score (nSPS) is 11.3. The second-order valence-electron chi connectivity index (χ2n) is 7.44. The van der Waals surface area contributed by atoms with Crippen LogP contribution in [-0.4, -0.2) is 35.8 Å². The standard InChI is InChI=1S/C23H25N5O2/c1-4-18-17(10-21(29)30)20(5-2)28(27-18)13-15-6-8-16(9-7-15)23-25-19-12-24-11-14(3)22(19)26-23/h6-9,11-12H,4-5,10,13H2,1-3H3,(H,25,26)(H,29,30). The zero-order valence-electron chi connectivity index (χ0n) is 17.4. The summed E-state index contributed by atoms with van der Waals surface area (Å²) in [5, 5.41) is 14.0. The van der Waals surface area contributed by atoms with Gasteiger partial charge in [-0.2, -0.15) is 5.10 Å². The molecule has 30 heavy (non-hydrogen) atoms. The molecule has 0 radical (unpaired) electrons. The smallest absolute Gasteiger partial charge is 0.307 e. The van der Waals surface area contributed by atoms with Crippen molar-refractivity contribution in [2.24, 2.45) is 0 Å². The van der Waals surface area contributed by atoms with Crippen molar-refractivity contribution in [1.82, 2.24) is 24.7 Å². The molecule has 2 N–H and O–H groups in total. The van der Waals surface area contributed by atoms with E-state index in [1.807, 2.05) is 43.8 Å². The topological polar surface area (TPSA) is 96.7 Å². The van der Waals surface area contributed by atoms with Gasteiger partial charge >= 0.3 is 5.97 Å². The Kier molecular flexibility index (Phi) is 5.35. The van der Waals surface area contributed by atoms with E-state index in [1.54, 1.807) is 6.20 Å². The molecular weight excluding hydrogens is 378 g/mol. The van der Waals surface area contributed by atoms with E-state index in [9.17, 15) is 9.90 Å². The number of nitrogens with one attached hydrogen (secondary N) is 1. The van der Waals surface area contributed by atoms with E-state index in [4.69, 9.17) is 10.1 Å². The molecule has 1 aromatic carbocycles. The van der Waals surface area contributed by atoms with Crippen molar-refractivity contribution >= 4 is 17.0 Å². The molecule has 7 nitrogen and oxygen atoms in total. The summed E-state index contributed by atoms with van der Waals surface area (Å²) in [6.07, 6.45) is 5.10. The van der Waals surface area contributed by atoms with E-state index >= 15 is 0 Å². The molecule has 0 aliphatic carbocycles. The molecule has 0 aliphatic heterocycles. The van der Waals surface area contributed by atoms with Gasteiger partial charge in [-0.15, -0.1) is 0 Å². The molecule has 0 aliphatic rings. The lowest BCUT2D eigenvalue weighted by Gasteiger charge is -2.08. The van der Waals surface area contributed by atoms with Crippen molar-refractivity contribution in [3.8, 4) is 11.4 Å². The van der Waals surface area contributed by atoms with Crippen molar-refractivity contribution in [2.45, 2.75) is 46.6 Å². The number of carboxylic acid groups (broad SMARTS) is 1. The van der Waals surface area contributed by atoms with Gasteiger partial charge < -0.3 is 10.1 Å². The van der Waals surface area contributed by atoms with Crippen molar-refractivity contribution in [3.63, 3.8) is 0 Å². The second-order valence-corrected chi connectivity index (χ2v) is 7.44. The van der Waals surface area contributed by atoms with Crippen LogP contribution in [0.2, 0.25) is 0 Å². The van der Waals surface area contributed by atoms with Gasteiger partial charge in [0.05, 0.1) is 35.9 Å². The van der Waals surface area contributed by atoms with E-state index < -0.39 is 5.97 Å². The zero-order chi connectivity index (χ0) is 21.3. The van der Waals surface area contributed by atoms with Gasteiger partial charge in [-0.25, -0.2) is 4.98 Å². The summed E-state index contributed by atoms with van der Waals surface area (Å²) in [5.74, 6) is -0.00225. The SMILES string of the molecule is CCc1nn(Cc2ccc(-c3nc4c(C)cncc4[nH]3)cc2)c(CC)c1CC(=O)O. The van der Waals surface area contributed by atoms with Gasteiger partial charge in [-0.05, 0) is 30.9 Å². The van der Waals surface area contributed by atoms with Crippen LogP contribution in [0.5, 0.6) is 0 Å². The lowest BCUT2D eigenvalue weighted by Crippen LogP contribution is -2.08. The first kappa shape index (κ1) is 19.8. The number of carboxylic acids is 1. The lowest BCUT2D eigenvalue weighted by atomic mass is 10.1. The first-order valence-corrected chi connectivity index (χ1v) is 10.2. The minimum atomic E-state index is -0.820. The quantitative estimate of drug-likeness (QED) is 0.487. The molecule has 0 amide bonds. The van der Waals surface area contributed by atoms with Gasteiger partial charge in [0, 0.05) is 23.0 Å². The van der Waals surface area contributed by atoms with Crippen molar-refractivity contribution in [1.29, 1.82) is 0 Å². The summed E-state index contributed by atoms with van der Waals surface area (Å²) in [5.41, 5.74) is 7.75. The number of rotatable bonds is 7. The summed E-state index contributed by atoms with van der Waals surface area (Å²) in [6, 6.07) is 8.22. The maximum atomic E-state index is 11.3. The third-order valence-corrected chi connectivity index (χ3v) is 5.38. The monoisotopic (exact) mass is 403 g/mol. The number of pyridine rings is 1. The number of hydrogen-bond acceptors (Lipinski definition) is 4. The van der Waals surface area contributed by atoms with Gasteiger partial charge in [-0.1, -0.05) is 38.1 Å². The van der Waals surface area contributed by atoms with Crippen LogP contribution >= 0.6 is 0 Å². The van der Waals surface area contributed by atoms with Gasteiger partial charge in [0.15, 0.2) is 0 Å². The number of aliphatic carboxylic acids is 1. The Balaban J connectivity index is 1.61. The predicted molar refractivity (Wildman–Crippen MR) is 115 cm³/mol. The average Bonchev–Trinajstić information content (AvgIpc) is 3.30. The number of carbonyl (C=O) groups is 1. The number of aromatic nitrogens is 5. The fraction of sp³-hybridized carbons (Fsp3) is 0.304. The Bertz CT molecular complexity index is 1200. The Morgan fingerprint density at radius 3 is 2.53 bits per heavy atom. The molecular formula is C23H25N5O2. The molecule has 4 aromatic rings. The van der Waals surface area contributed by atoms with Crippen LogP contribution in [-0.2, 0) is 30.6 Å². The molecule has 154 valence electrons. The molecule has 0 saturated heterocycles. The van der Waals surface area contributed by atoms with Crippen LogP contribution in [0.25, 0.3) is 22.4 Å². The van der Waals surface area contributed by atoms with Crippen LogP contribution in [0.15, 0.2) is 36.7 Å². The summed E-state index contributed by atoms with van der Waals surface area (Å²) >= 11 is 0. The number of nitrogens with zero attached hydrogens (tertiary/aromatic N) is 4. The first-order chi connectivity index (χ1) is 14.5. The number of aromatic amines is 1. The number of H-pyrrole nitrogens is 1. The number of fused-ring (bicyclic) bond motifs is 1. The summed E-state index contributed by atoms with van der Waals surface area (Å²) in [7, 11) is 0. The molecule has 7 heteroatoms. The van der Waals surface area contributed by atoms with Gasteiger partial charge in [0.1, 0.15) is 5.82 Å². The highest BCUT2D eigenvalue weighted by Crippen LogP contribution is 2.23. The third kappa shape index (κ3) is 3.70. The first-order valence-electron chi connectivity index (χ1n) is 10.2. The third-order valence-electron chi connectivity index (χ3n) is 5.38. The maximum Gasteiger partial charge on any atom is 0.307 e. The van der Waals surface area contributed by atoms with E-state index in [0.717, 1.165) is 63.3 Å². The highest BCUT2D eigenvalue weighted by molar-refractivity contribution is 5.81. The summed E-state index contributed by atoms with van der Waals surface area (Å²) < 4.78 is 1.95. The average molecular weight is 403 g/mol. The molecule has 0 fully saturated rings. The van der Waals surface area contributed by atoms with Crippen molar-refractivity contribution in [2.75, 3.05) is 0 Å². The van der Waals surface area contributed by atoms with E-state index in [-0.39, 0.29) is 6.42 Å². The van der Waals surface area contributed by atoms with Gasteiger partial charge in [0.2, 0.25) is 0 Å². The lowest BCUT2D eigenvalue weighted by molar-refractivity contribution is -0.136. The second kappa shape index (κ2) is 8.10. The van der Waals surface area contributed by atoms with Gasteiger partial charge in [0.25, 0.3) is 0 Å². The Labute approximate surface area is 174 Å². The summed E-state index contributed by atoms with van der Waals surface area (Å²) in [4.78, 5) is 23.5. The number of benzene rings is 1.